The van der Waals surface area contributed by atoms with Crippen molar-refractivity contribution in [3.05, 3.63) is 70.8 Å². The molecule has 5 nitrogen and oxygen atoms in total. The van der Waals surface area contributed by atoms with Gasteiger partial charge in [-0.15, -0.1) is 0 Å². The predicted molar refractivity (Wildman–Crippen MR) is 104 cm³/mol. The number of rotatable bonds is 3. The van der Waals surface area contributed by atoms with Gasteiger partial charge in [0.1, 0.15) is 5.82 Å². The largest absolute Gasteiger partial charge is 0.335 e. The Labute approximate surface area is 167 Å². The van der Waals surface area contributed by atoms with Crippen LogP contribution in [-0.2, 0) is 0 Å². The summed E-state index contributed by atoms with van der Waals surface area (Å²) < 4.78 is 18.5. The average molecular weight is 400 g/mol. The Bertz CT molecular complexity index is 989. The fraction of sp³-hybridized carbons (Fsp3) is 0.286. The molecule has 0 aliphatic carbocycles. The van der Waals surface area contributed by atoms with Gasteiger partial charge in [0, 0.05) is 34.7 Å². The molecule has 7 heteroatoms. The fourth-order valence-corrected chi connectivity index (χ4v) is 3.69. The first-order valence-electron chi connectivity index (χ1n) is 9.17. The van der Waals surface area contributed by atoms with Gasteiger partial charge in [-0.25, -0.2) is 4.39 Å². The molecule has 0 bridgehead atoms. The standard InChI is InChI=1S/C21H19ClFN3O2/c1-13-5-6-16(12-26(13)21(27)15-3-2-4-17(22)11-15)19-24-20(28-25-19)14-7-9-18(23)10-8-14/h2-4,7-11,13,16H,5-6,12H2,1H3/t13-,16+/m1/s1. The van der Waals surface area contributed by atoms with Crippen molar-refractivity contribution in [3.63, 3.8) is 0 Å². The van der Waals surface area contributed by atoms with Crippen molar-refractivity contribution in [1.82, 2.24) is 15.0 Å². The molecule has 0 saturated carbocycles. The van der Waals surface area contributed by atoms with Crippen LogP contribution >= 0.6 is 11.6 Å². The molecule has 1 amide bonds. The number of piperidine rings is 1. The van der Waals surface area contributed by atoms with E-state index in [1.807, 2.05) is 11.8 Å². The molecular formula is C21H19ClFN3O2. The maximum Gasteiger partial charge on any atom is 0.257 e. The van der Waals surface area contributed by atoms with E-state index in [0.29, 0.717) is 34.4 Å². The topological polar surface area (TPSA) is 59.2 Å². The molecule has 0 unspecified atom stereocenters. The second-order valence-corrected chi connectivity index (χ2v) is 7.49. The Kier molecular flexibility index (Phi) is 5.13. The Morgan fingerprint density at radius 2 is 2.00 bits per heavy atom. The fourth-order valence-electron chi connectivity index (χ4n) is 3.50. The number of hydrogen-bond donors (Lipinski definition) is 0. The maximum absolute atomic E-state index is 13.1. The van der Waals surface area contributed by atoms with Gasteiger partial charge in [-0.3, -0.25) is 4.79 Å². The molecular weight excluding hydrogens is 381 g/mol. The highest BCUT2D eigenvalue weighted by atomic mass is 35.5. The lowest BCUT2D eigenvalue weighted by molar-refractivity contribution is 0.0605. The smallest absolute Gasteiger partial charge is 0.257 e. The van der Waals surface area contributed by atoms with Gasteiger partial charge in [0.25, 0.3) is 11.8 Å². The van der Waals surface area contributed by atoms with Gasteiger partial charge < -0.3 is 9.42 Å². The minimum Gasteiger partial charge on any atom is -0.335 e. The SMILES string of the molecule is C[C@@H]1CC[C@H](c2noc(-c3ccc(F)cc3)n2)CN1C(=O)c1cccc(Cl)c1. The number of amides is 1. The molecule has 0 radical (unpaired) electrons. The number of halogens is 2. The van der Waals surface area contributed by atoms with Crippen LogP contribution in [0.15, 0.2) is 53.1 Å². The van der Waals surface area contributed by atoms with Crippen molar-refractivity contribution in [2.24, 2.45) is 0 Å². The van der Waals surface area contributed by atoms with E-state index in [9.17, 15) is 9.18 Å². The van der Waals surface area contributed by atoms with Crippen LogP contribution in [0.4, 0.5) is 4.39 Å². The zero-order chi connectivity index (χ0) is 19.7. The van der Waals surface area contributed by atoms with Crippen molar-refractivity contribution in [2.45, 2.75) is 31.7 Å². The number of carbonyl (C=O) groups excluding carboxylic acids is 1. The summed E-state index contributed by atoms with van der Waals surface area (Å²) in [5.41, 5.74) is 1.23. The van der Waals surface area contributed by atoms with Crippen LogP contribution in [0.5, 0.6) is 0 Å². The van der Waals surface area contributed by atoms with E-state index in [1.54, 1.807) is 36.4 Å². The molecule has 28 heavy (non-hydrogen) atoms. The summed E-state index contributed by atoms with van der Waals surface area (Å²) in [5, 5.41) is 4.64. The molecule has 3 aromatic rings. The lowest BCUT2D eigenvalue weighted by atomic mass is 9.92. The molecule has 0 N–H and O–H groups in total. The van der Waals surface area contributed by atoms with Crippen LogP contribution < -0.4 is 0 Å². The predicted octanol–water partition coefficient (Wildman–Crippen LogP) is 4.94. The molecule has 2 heterocycles. The van der Waals surface area contributed by atoms with Gasteiger partial charge in [0.15, 0.2) is 5.82 Å². The van der Waals surface area contributed by atoms with Gasteiger partial charge in [-0.05, 0) is 62.2 Å². The Morgan fingerprint density at radius 1 is 1.21 bits per heavy atom. The highest BCUT2D eigenvalue weighted by molar-refractivity contribution is 6.30. The van der Waals surface area contributed by atoms with Gasteiger partial charge in [-0.2, -0.15) is 4.98 Å². The summed E-state index contributed by atoms with van der Waals surface area (Å²) in [6, 6.07) is 13.0. The summed E-state index contributed by atoms with van der Waals surface area (Å²) in [4.78, 5) is 19.3. The van der Waals surface area contributed by atoms with Crippen LogP contribution in [0.3, 0.4) is 0 Å². The van der Waals surface area contributed by atoms with E-state index in [0.717, 1.165) is 12.8 Å². The van der Waals surface area contributed by atoms with Crippen molar-refractivity contribution >= 4 is 17.5 Å². The maximum atomic E-state index is 13.1. The lowest BCUT2D eigenvalue weighted by Crippen LogP contribution is -2.45. The highest BCUT2D eigenvalue weighted by Gasteiger charge is 2.32. The van der Waals surface area contributed by atoms with Crippen molar-refractivity contribution in [1.29, 1.82) is 0 Å². The van der Waals surface area contributed by atoms with E-state index >= 15 is 0 Å². The molecule has 1 fully saturated rings. The van der Waals surface area contributed by atoms with E-state index < -0.39 is 0 Å². The van der Waals surface area contributed by atoms with E-state index in [2.05, 4.69) is 10.1 Å². The minimum atomic E-state index is -0.320. The summed E-state index contributed by atoms with van der Waals surface area (Å²) >= 11 is 6.03. The third kappa shape index (κ3) is 3.78. The minimum absolute atomic E-state index is 0.0164. The Hall–Kier alpha value is -2.73. The number of carbonyl (C=O) groups is 1. The summed E-state index contributed by atoms with van der Waals surface area (Å²) in [6.45, 7) is 2.55. The third-order valence-corrected chi connectivity index (χ3v) is 5.35. The molecule has 1 aromatic heterocycles. The van der Waals surface area contributed by atoms with Crippen LogP contribution in [-0.4, -0.2) is 33.5 Å². The molecule has 2 atom stereocenters. The van der Waals surface area contributed by atoms with Crippen molar-refractivity contribution < 1.29 is 13.7 Å². The zero-order valence-corrected chi connectivity index (χ0v) is 16.1. The van der Waals surface area contributed by atoms with Gasteiger partial charge in [-0.1, -0.05) is 22.8 Å². The number of likely N-dealkylation sites (tertiary alicyclic amines) is 1. The Balaban J connectivity index is 1.53. The summed E-state index contributed by atoms with van der Waals surface area (Å²) in [5.74, 6) is 0.524. The first-order chi connectivity index (χ1) is 13.5. The first kappa shape index (κ1) is 18.6. The molecule has 1 aliphatic heterocycles. The molecule has 144 valence electrons. The molecule has 1 aliphatic rings. The van der Waals surface area contributed by atoms with Crippen molar-refractivity contribution in [3.8, 4) is 11.5 Å². The summed E-state index contributed by atoms with van der Waals surface area (Å²) in [6.07, 6.45) is 1.71. The van der Waals surface area contributed by atoms with Crippen LogP contribution in [0.1, 0.15) is 41.9 Å². The van der Waals surface area contributed by atoms with Crippen LogP contribution in [0.25, 0.3) is 11.5 Å². The Morgan fingerprint density at radius 3 is 2.75 bits per heavy atom. The molecule has 4 rings (SSSR count). The number of nitrogens with zero attached hydrogens (tertiary/aromatic N) is 3. The normalized spacial score (nSPS) is 19.6. The summed E-state index contributed by atoms with van der Waals surface area (Å²) in [7, 11) is 0. The first-order valence-corrected chi connectivity index (χ1v) is 9.55. The van der Waals surface area contributed by atoms with Gasteiger partial charge in [0.2, 0.25) is 0 Å². The highest BCUT2D eigenvalue weighted by Crippen LogP contribution is 2.31. The van der Waals surface area contributed by atoms with Gasteiger partial charge in [0.05, 0.1) is 0 Å². The van der Waals surface area contributed by atoms with E-state index in [1.165, 1.54) is 12.1 Å². The number of hydrogen-bond acceptors (Lipinski definition) is 4. The van der Waals surface area contributed by atoms with E-state index in [-0.39, 0.29) is 23.7 Å². The molecule has 2 aromatic carbocycles. The molecule has 1 saturated heterocycles. The molecule has 0 spiro atoms. The van der Waals surface area contributed by atoms with Crippen molar-refractivity contribution in [2.75, 3.05) is 6.54 Å². The second kappa shape index (κ2) is 7.72. The van der Waals surface area contributed by atoms with Crippen LogP contribution in [0.2, 0.25) is 5.02 Å². The number of aromatic nitrogens is 2. The quantitative estimate of drug-likeness (QED) is 0.626. The monoisotopic (exact) mass is 399 g/mol. The number of benzene rings is 2. The second-order valence-electron chi connectivity index (χ2n) is 7.06. The lowest BCUT2D eigenvalue weighted by Gasteiger charge is -2.37. The van der Waals surface area contributed by atoms with E-state index in [4.69, 9.17) is 16.1 Å². The zero-order valence-electron chi connectivity index (χ0n) is 15.3. The third-order valence-electron chi connectivity index (χ3n) is 5.11. The van der Waals surface area contributed by atoms with Gasteiger partial charge >= 0.3 is 0 Å². The van der Waals surface area contributed by atoms with Crippen LogP contribution in [0, 0.1) is 5.82 Å². The average Bonchev–Trinajstić information content (AvgIpc) is 3.18.